The molecular formula is C13H15NO3S. The van der Waals surface area contributed by atoms with Crippen molar-refractivity contribution < 1.29 is 12.8 Å². The lowest BCUT2D eigenvalue weighted by molar-refractivity contribution is 0.375. The van der Waals surface area contributed by atoms with Gasteiger partial charge in [-0.15, -0.1) is 0 Å². The van der Waals surface area contributed by atoms with Crippen molar-refractivity contribution in [3.8, 4) is 0 Å². The highest BCUT2D eigenvalue weighted by atomic mass is 32.2. The lowest BCUT2D eigenvalue weighted by atomic mass is 10.4. The molecule has 0 fully saturated rings. The maximum Gasteiger partial charge on any atom is 0.243 e. The fourth-order valence-electron chi connectivity index (χ4n) is 1.68. The first kappa shape index (κ1) is 12.9. The van der Waals surface area contributed by atoms with Gasteiger partial charge in [0.1, 0.15) is 5.76 Å². The highest BCUT2D eigenvalue weighted by Gasteiger charge is 2.23. The number of rotatable bonds is 5. The van der Waals surface area contributed by atoms with Gasteiger partial charge in [-0.05, 0) is 24.3 Å². The smallest absolute Gasteiger partial charge is 0.243 e. The quantitative estimate of drug-likeness (QED) is 0.834. The lowest BCUT2D eigenvalue weighted by Gasteiger charge is -2.19. The summed E-state index contributed by atoms with van der Waals surface area (Å²) in [6.07, 6.45) is 1.54. The minimum Gasteiger partial charge on any atom is -0.468 e. The second-order valence-electron chi connectivity index (χ2n) is 3.82. The van der Waals surface area contributed by atoms with E-state index in [0.29, 0.717) is 17.2 Å². The zero-order chi connectivity index (χ0) is 13.0. The number of hydrogen-bond acceptors (Lipinski definition) is 3. The van der Waals surface area contributed by atoms with Crippen LogP contribution in [0.25, 0.3) is 0 Å². The van der Waals surface area contributed by atoms with Gasteiger partial charge in [0.05, 0.1) is 17.7 Å². The van der Waals surface area contributed by atoms with Crippen LogP contribution in [-0.2, 0) is 16.6 Å². The molecule has 0 aliphatic heterocycles. The van der Waals surface area contributed by atoms with Gasteiger partial charge >= 0.3 is 0 Å². The highest BCUT2D eigenvalue weighted by molar-refractivity contribution is 7.89. The second-order valence-corrected chi connectivity index (χ2v) is 5.76. The summed E-state index contributed by atoms with van der Waals surface area (Å²) in [5.74, 6) is 0.636. The molecule has 0 saturated heterocycles. The normalized spacial score (nSPS) is 11.9. The van der Waals surface area contributed by atoms with Crippen LogP contribution in [0.5, 0.6) is 0 Å². The molecule has 2 aromatic rings. The number of benzene rings is 1. The van der Waals surface area contributed by atoms with Gasteiger partial charge in [-0.2, -0.15) is 4.31 Å². The van der Waals surface area contributed by atoms with E-state index in [1.165, 1.54) is 10.6 Å². The van der Waals surface area contributed by atoms with Crippen LogP contribution in [0.2, 0.25) is 0 Å². The highest BCUT2D eigenvalue weighted by Crippen LogP contribution is 2.17. The predicted molar refractivity (Wildman–Crippen MR) is 68.4 cm³/mol. The summed E-state index contributed by atoms with van der Waals surface area (Å²) in [6.45, 7) is 2.46. The minimum atomic E-state index is -3.45. The second kappa shape index (κ2) is 5.37. The molecule has 0 aliphatic rings. The third-order valence-electron chi connectivity index (χ3n) is 2.65. The Kier molecular flexibility index (Phi) is 3.84. The molecule has 0 aliphatic carbocycles. The van der Waals surface area contributed by atoms with E-state index in [-0.39, 0.29) is 6.54 Å². The molecule has 0 amide bonds. The first-order valence-electron chi connectivity index (χ1n) is 5.72. The van der Waals surface area contributed by atoms with Crippen LogP contribution in [0.15, 0.2) is 58.0 Å². The summed E-state index contributed by atoms with van der Waals surface area (Å²) >= 11 is 0. The maximum absolute atomic E-state index is 12.4. The van der Waals surface area contributed by atoms with Crippen LogP contribution in [0.1, 0.15) is 12.7 Å². The molecule has 5 heteroatoms. The van der Waals surface area contributed by atoms with E-state index in [1.807, 2.05) is 6.92 Å². The Hall–Kier alpha value is -1.59. The summed E-state index contributed by atoms with van der Waals surface area (Å²) in [5.41, 5.74) is 0. The van der Waals surface area contributed by atoms with Crippen molar-refractivity contribution in [2.45, 2.75) is 18.4 Å². The van der Waals surface area contributed by atoms with Crippen LogP contribution < -0.4 is 0 Å². The zero-order valence-electron chi connectivity index (χ0n) is 10.1. The molecule has 1 heterocycles. The van der Waals surface area contributed by atoms with Gasteiger partial charge in [-0.1, -0.05) is 25.1 Å². The van der Waals surface area contributed by atoms with Gasteiger partial charge in [0, 0.05) is 6.54 Å². The molecule has 0 radical (unpaired) electrons. The first-order chi connectivity index (χ1) is 8.64. The number of sulfonamides is 1. The van der Waals surface area contributed by atoms with Gasteiger partial charge in [-0.3, -0.25) is 0 Å². The van der Waals surface area contributed by atoms with Gasteiger partial charge in [0.15, 0.2) is 0 Å². The number of hydrogen-bond donors (Lipinski definition) is 0. The van der Waals surface area contributed by atoms with Crippen LogP contribution in [-0.4, -0.2) is 19.3 Å². The Morgan fingerprint density at radius 1 is 1.11 bits per heavy atom. The van der Waals surface area contributed by atoms with E-state index in [9.17, 15) is 8.42 Å². The Morgan fingerprint density at radius 3 is 2.39 bits per heavy atom. The molecular weight excluding hydrogens is 250 g/mol. The summed E-state index contributed by atoms with van der Waals surface area (Å²) in [4.78, 5) is 0.304. The molecule has 0 bridgehead atoms. The third-order valence-corrected chi connectivity index (χ3v) is 4.58. The van der Waals surface area contributed by atoms with Crippen LogP contribution >= 0.6 is 0 Å². The molecule has 0 N–H and O–H groups in total. The molecule has 0 spiro atoms. The SMILES string of the molecule is CCN(Cc1ccco1)S(=O)(=O)c1ccccc1. The van der Waals surface area contributed by atoms with E-state index in [2.05, 4.69) is 0 Å². The lowest BCUT2D eigenvalue weighted by Crippen LogP contribution is -2.30. The molecule has 1 aromatic heterocycles. The van der Waals surface area contributed by atoms with E-state index in [0.717, 1.165) is 0 Å². The molecule has 0 saturated carbocycles. The van der Waals surface area contributed by atoms with E-state index >= 15 is 0 Å². The Bertz CT molecular complexity index is 576. The number of furan rings is 1. The Balaban J connectivity index is 2.27. The van der Waals surface area contributed by atoms with Crippen molar-refractivity contribution in [2.75, 3.05) is 6.54 Å². The maximum atomic E-state index is 12.4. The van der Waals surface area contributed by atoms with Crippen molar-refractivity contribution >= 4 is 10.0 Å². The fourth-order valence-corrected chi connectivity index (χ4v) is 3.12. The molecule has 2 rings (SSSR count). The van der Waals surface area contributed by atoms with Crippen LogP contribution in [0, 0.1) is 0 Å². The van der Waals surface area contributed by atoms with Gasteiger partial charge in [0.2, 0.25) is 10.0 Å². The topological polar surface area (TPSA) is 50.5 Å². The average molecular weight is 265 g/mol. The largest absolute Gasteiger partial charge is 0.468 e. The monoisotopic (exact) mass is 265 g/mol. The summed E-state index contributed by atoms with van der Waals surface area (Å²) < 4.78 is 31.3. The number of nitrogens with zero attached hydrogens (tertiary/aromatic N) is 1. The molecule has 18 heavy (non-hydrogen) atoms. The summed E-state index contributed by atoms with van der Waals surface area (Å²) in [6, 6.07) is 11.9. The molecule has 0 unspecified atom stereocenters. The molecule has 1 aromatic carbocycles. The fraction of sp³-hybridized carbons (Fsp3) is 0.231. The van der Waals surface area contributed by atoms with Gasteiger partial charge in [-0.25, -0.2) is 8.42 Å². The standard InChI is InChI=1S/C13H15NO3S/c1-2-14(11-12-7-6-10-17-12)18(15,16)13-8-4-3-5-9-13/h3-10H,2,11H2,1H3. The minimum absolute atomic E-state index is 0.251. The zero-order valence-corrected chi connectivity index (χ0v) is 10.9. The van der Waals surface area contributed by atoms with E-state index < -0.39 is 10.0 Å². The van der Waals surface area contributed by atoms with Gasteiger partial charge < -0.3 is 4.42 Å². The van der Waals surface area contributed by atoms with Crippen molar-refractivity contribution in [1.82, 2.24) is 4.31 Å². The van der Waals surface area contributed by atoms with E-state index in [1.54, 1.807) is 42.5 Å². The van der Waals surface area contributed by atoms with Crippen molar-refractivity contribution in [1.29, 1.82) is 0 Å². The van der Waals surface area contributed by atoms with Gasteiger partial charge in [0.25, 0.3) is 0 Å². The first-order valence-corrected chi connectivity index (χ1v) is 7.16. The summed E-state index contributed by atoms with van der Waals surface area (Å²) in [5, 5.41) is 0. The van der Waals surface area contributed by atoms with Crippen LogP contribution in [0.4, 0.5) is 0 Å². The van der Waals surface area contributed by atoms with Crippen LogP contribution in [0.3, 0.4) is 0 Å². The van der Waals surface area contributed by atoms with Crippen molar-refractivity contribution in [3.05, 3.63) is 54.5 Å². The summed E-state index contributed by atoms with van der Waals surface area (Å²) in [7, 11) is -3.45. The molecule has 96 valence electrons. The molecule has 4 nitrogen and oxygen atoms in total. The third kappa shape index (κ3) is 2.63. The Labute approximate surface area is 107 Å². The molecule has 0 atom stereocenters. The van der Waals surface area contributed by atoms with E-state index in [4.69, 9.17) is 4.42 Å². The average Bonchev–Trinajstić information content (AvgIpc) is 2.89. The van der Waals surface area contributed by atoms with Crippen molar-refractivity contribution in [3.63, 3.8) is 0 Å². The van der Waals surface area contributed by atoms with Crippen molar-refractivity contribution in [2.24, 2.45) is 0 Å². The predicted octanol–water partition coefficient (Wildman–Crippen LogP) is 2.49. The Morgan fingerprint density at radius 2 is 1.83 bits per heavy atom.